The molecular formula is C55H58Cl3F2N11O4S. The van der Waals surface area contributed by atoms with E-state index >= 15 is 0 Å². The van der Waals surface area contributed by atoms with Crippen molar-refractivity contribution in [1.82, 2.24) is 20.2 Å². The second-order valence-electron chi connectivity index (χ2n) is 17.9. The molecule has 0 aliphatic carbocycles. The molecule has 76 heavy (non-hydrogen) atoms. The van der Waals surface area contributed by atoms with Crippen LogP contribution in [0, 0.1) is 17.0 Å². The van der Waals surface area contributed by atoms with E-state index in [0.29, 0.717) is 10.0 Å². The maximum Gasteiger partial charge on any atom is 0.253 e. The van der Waals surface area contributed by atoms with Gasteiger partial charge in [0.05, 0.1) is 21.9 Å². The Morgan fingerprint density at radius 3 is 2.11 bits per heavy atom. The summed E-state index contributed by atoms with van der Waals surface area (Å²) in [4.78, 5) is 29.3. The quantitative estimate of drug-likeness (QED) is 0.0343. The number of aliphatic imine (C=N–C) groups is 1. The SMILES string of the molecule is C.CC(=N)NC(=O)/C(C)=C/c1cc(F)c(Oc2ccc(S(N)(=O)=O)cc2)c(F)c1.CN1Cc2c(Cl)cc(Cl)cc2C(c2ccc(N)cc2)C1.NC(N)=Nc1nc(-c2ccc(N3CCCCC3)cc2)c2cc(Cl)ccc2n1. The van der Waals surface area contributed by atoms with Crippen LogP contribution in [0.5, 0.6) is 11.5 Å². The molecule has 0 spiro atoms. The Morgan fingerprint density at radius 1 is 0.855 bits per heavy atom. The van der Waals surface area contributed by atoms with Crippen molar-refractivity contribution in [2.24, 2.45) is 21.6 Å². The summed E-state index contributed by atoms with van der Waals surface area (Å²) in [6, 6.07) is 32.5. The highest BCUT2D eigenvalue weighted by Gasteiger charge is 2.27. The topological polar surface area (TPSA) is 245 Å². The molecule has 21 heteroatoms. The van der Waals surface area contributed by atoms with Crippen molar-refractivity contribution >= 4 is 96.8 Å². The summed E-state index contributed by atoms with van der Waals surface area (Å²) in [5, 5.41) is 17.4. The Morgan fingerprint density at radius 2 is 1.50 bits per heavy atom. The maximum absolute atomic E-state index is 14.3. The van der Waals surface area contributed by atoms with Crippen LogP contribution in [0.25, 0.3) is 28.2 Å². The number of anilines is 2. The lowest BCUT2D eigenvalue weighted by atomic mass is 9.85. The van der Waals surface area contributed by atoms with Crippen LogP contribution >= 0.6 is 34.8 Å². The minimum absolute atomic E-state index is 0. The number of hydrogen-bond donors (Lipinski definition) is 6. The number of aromatic nitrogens is 2. The number of nitrogens with two attached hydrogens (primary N) is 4. The number of ether oxygens (including phenoxy) is 1. The number of nitrogens with zero attached hydrogens (tertiary/aromatic N) is 5. The standard InChI is InChI=1S/C20H21ClN6.C18H17F2N3O4S.C16H16Cl2N2.CH4/c21-14-6-9-17-16(12-14)18(25-20(24-17)26-19(22)23)13-4-7-15(8-5-13)27-10-2-1-3-11-27;1-10(18(24)23-11(2)21)7-12-8-15(19)17(16(20)9-12)27-13-3-5-14(6-4-13)28(22,25)26;1-20-8-14(10-2-4-12(19)5-3-10)13-6-11(17)7-16(18)15(13)9-20;/h4-9,12H,1-3,10-11H2,(H4,22,23,24,25,26);3-9H,1-2H3,(H2,21,23,24)(H2,22,25,26);2-7,14H,8-9,19H2,1H3;1H4/b;10-7+;;. The average molecular weight is 1110 g/mol. The van der Waals surface area contributed by atoms with Crippen LogP contribution in [-0.4, -0.2) is 67.7 Å². The van der Waals surface area contributed by atoms with Crippen molar-refractivity contribution in [1.29, 1.82) is 5.41 Å². The molecule has 10 N–H and O–H groups in total. The Kier molecular flexibility index (Phi) is 19.5. The van der Waals surface area contributed by atoms with Crippen LogP contribution in [0.2, 0.25) is 15.1 Å². The number of rotatable bonds is 9. The van der Waals surface area contributed by atoms with E-state index in [-0.39, 0.29) is 52.9 Å². The van der Waals surface area contributed by atoms with Gasteiger partial charge in [-0.15, -0.1) is 0 Å². The Balaban J connectivity index is 0.000000186. The number of amidine groups is 1. The molecule has 3 heterocycles. The van der Waals surface area contributed by atoms with E-state index in [1.54, 1.807) is 6.07 Å². The fourth-order valence-electron chi connectivity index (χ4n) is 8.48. The first-order chi connectivity index (χ1) is 35.6. The fraction of sp³-hybridized carbons (Fsp3) is 0.218. The number of carbonyl (C=O) groups is 1. The summed E-state index contributed by atoms with van der Waals surface area (Å²) in [5.74, 6) is -2.90. The minimum Gasteiger partial charge on any atom is -0.451 e. The normalized spacial score (nSPS) is 14.4. The number of nitrogens with one attached hydrogen (secondary N) is 2. The third-order valence-corrected chi connectivity index (χ3v) is 13.7. The molecule has 0 bridgehead atoms. The molecule has 2 aliphatic heterocycles. The van der Waals surface area contributed by atoms with Gasteiger partial charge < -0.3 is 37.1 Å². The molecule has 1 saturated heterocycles. The van der Waals surface area contributed by atoms with Gasteiger partial charge in [-0.25, -0.2) is 32.3 Å². The zero-order valence-corrected chi connectivity index (χ0v) is 44.1. The van der Waals surface area contributed by atoms with Crippen LogP contribution in [0.15, 0.2) is 131 Å². The second-order valence-corrected chi connectivity index (χ2v) is 20.7. The van der Waals surface area contributed by atoms with Crippen LogP contribution in [-0.2, 0) is 21.4 Å². The minimum atomic E-state index is -3.90. The van der Waals surface area contributed by atoms with Crippen LogP contribution in [0.3, 0.4) is 0 Å². The van der Waals surface area contributed by atoms with E-state index in [4.69, 9.17) is 67.3 Å². The third-order valence-electron chi connectivity index (χ3n) is 12.0. The number of hydrogen-bond acceptors (Lipinski definition) is 11. The lowest BCUT2D eigenvalue weighted by molar-refractivity contribution is -0.116. The number of carbonyl (C=O) groups excluding carboxylic acids is 1. The zero-order chi connectivity index (χ0) is 54.1. The maximum atomic E-state index is 14.3. The van der Waals surface area contributed by atoms with Gasteiger partial charge in [-0.1, -0.05) is 66.5 Å². The molecule has 398 valence electrons. The largest absolute Gasteiger partial charge is 0.451 e. The smallest absolute Gasteiger partial charge is 0.253 e. The van der Waals surface area contributed by atoms with Gasteiger partial charge in [-0.05, 0) is 159 Å². The molecule has 6 aromatic carbocycles. The first-order valence-corrected chi connectivity index (χ1v) is 26.1. The fourth-order valence-corrected chi connectivity index (χ4v) is 9.73. The Labute approximate surface area is 456 Å². The van der Waals surface area contributed by atoms with E-state index < -0.39 is 33.3 Å². The van der Waals surface area contributed by atoms with Crippen molar-refractivity contribution in [2.75, 3.05) is 37.3 Å². The monoisotopic (exact) mass is 1110 g/mol. The first-order valence-electron chi connectivity index (χ1n) is 23.4. The predicted octanol–water partition coefficient (Wildman–Crippen LogP) is 11.6. The van der Waals surface area contributed by atoms with Gasteiger partial charge in [0.1, 0.15) is 5.75 Å². The molecule has 1 fully saturated rings. The summed E-state index contributed by atoms with van der Waals surface area (Å²) in [6.45, 7) is 6.85. The Hall–Kier alpha value is -7.19. The highest BCUT2D eigenvalue weighted by Crippen LogP contribution is 2.39. The average Bonchev–Trinajstić information content (AvgIpc) is 3.36. The van der Waals surface area contributed by atoms with Crippen LogP contribution in [0.1, 0.15) is 68.7 Å². The summed E-state index contributed by atoms with van der Waals surface area (Å²) in [5.41, 5.74) is 25.1. The summed E-state index contributed by atoms with van der Waals surface area (Å²) < 4.78 is 56.1. The van der Waals surface area contributed by atoms with Crippen molar-refractivity contribution in [3.63, 3.8) is 0 Å². The first kappa shape index (κ1) is 58.1. The van der Waals surface area contributed by atoms with Crippen molar-refractivity contribution in [2.45, 2.75) is 57.9 Å². The van der Waals surface area contributed by atoms with Gasteiger partial charge in [0, 0.05) is 75.1 Å². The number of guanidine groups is 1. The van der Waals surface area contributed by atoms with Gasteiger partial charge in [0.2, 0.25) is 10.0 Å². The molecule has 1 unspecified atom stereocenters. The Bertz CT molecular complexity index is 3390. The number of piperidine rings is 1. The summed E-state index contributed by atoms with van der Waals surface area (Å²) in [6.07, 6.45) is 5.07. The molecule has 7 aromatic rings. The molecule has 1 aromatic heterocycles. The number of nitrogen functional groups attached to an aromatic ring is 1. The lowest BCUT2D eigenvalue weighted by Crippen LogP contribution is -2.31. The van der Waals surface area contributed by atoms with Crippen molar-refractivity contribution in [3.05, 3.63) is 170 Å². The van der Waals surface area contributed by atoms with Gasteiger partial charge in [0.15, 0.2) is 23.3 Å². The number of halogens is 5. The van der Waals surface area contributed by atoms with Gasteiger partial charge in [-0.2, -0.15) is 4.99 Å². The van der Waals surface area contributed by atoms with Crippen molar-refractivity contribution in [3.8, 4) is 22.8 Å². The highest BCUT2D eigenvalue weighted by molar-refractivity contribution is 7.89. The van der Waals surface area contributed by atoms with E-state index in [1.165, 1.54) is 73.7 Å². The van der Waals surface area contributed by atoms with Crippen LogP contribution < -0.4 is 37.3 Å². The van der Waals surface area contributed by atoms with E-state index in [9.17, 15) is 22.0 Å². The van der Waals surface area contributed by atoms with E-state index in [2.05, 4.69) is 73.5 Å². The van der Waals surface area contributed by atoms with Gasteiger partial charge in [0.25, 0.3) is 11.9 Å². The zero-order valence-electron chi connectivity index (χ0n) is 41.1. The van der Waals surface area contributed by atoms with Gasteiger partial charge >= 0.3 is 0 Å². The van der Waals surface area contributed by atoms with Crippen molar-refractivity contribution < 1.29 is 26.7 Å². The second kappa shape index (κ2) is 25.6. The molecule has 15 nitrogen and oxygen atoms in total. The number of sulfonamides is 1. The number of benzene rings is 6. The summed E-state index contributed by atoms with van der Waals surface area (Å²) >= 11 is 18.7. The molecule has 0 radical (unpaired) electrons. The van der Waals surface area contributed by atoms with E-state index in [1.807, 2.05) is 36.4 Å². The molecule has 9 rings (SSSR count). The predicted molar refractivity (Wildman–Crippen MR) is 303 cm³/mol. The molecule has 0 saturated carbocycles. The third kappa shape index (κ3) is 15.2. The highest BCUT2D eigenvalue weighted by atomic mass is 35.5. The summed E-state index contributed by atoms with van der Waals surface area (Å²) in [7, 11) is -1.79. The lowest BCUT2D eigenvalue weighted by Gasteiger charge is -2.33. The van der Waals surface area contributed by atoms with Gasteiger partial charge in [-0.3, -0.25) is 10.2 Å². The number of fused-ring (bicyclic) bond motifs is 2. The molecule has 1 atom stereocenters. The molecule has 2 aliphatic rings. The number of amides is 1. The van der Waals surface area contributed by atoms with E-state index in [0.717, 1.165) is 83.3 Å². The van der Waals surface area contributed by atoms with Crippen LogP contribution in [0.4, 0.5) is 26.1 Å². The molecular weight excluding hydrogens is 1060 g/mol. The number of primary sulfonamides is 1. The molecule has 1 amide bonds. The number of likely N-dealkylation sites (N-methyl/N-ethyl adjacent to an activating group) is 1.